The SMILES string of the molecule is C=CCOCC[N+]1(C)Cc2ccccc2C1.[I-]. The molecule has 1 heterocycles. The van der Waals surface area contributed by atoms with Crippen molar-refractivity contribution >= 4 is 0 Å². The molecule has 0 spiro atoms. The van der Waals surface area contributed by atoms with Crippen LogP contribution in [-0.2, 0) is 17.8 Å². The molecule has 0 aromatic heterocycles. The van der Waals surface area contributed by atoms with Crippen LogP contribution in [0.3, 0.4) is 0 Å². The van der Waals surface area contributed by atoms with E-state index in [-0.39, 0.29) is 24.0 Å². The third-order valence-electron chi connectivity index (χ3n) is 3.23. The molecule has 0 atom stereocenters. The summed E-state index contributed by atoms with van der Waals surface area (Å²) in [7, 11) is 2.30. The lowest BCUT2D eigenvalue weighted by atomic mass is 10.1. The fourth-order valence-electron chi connectivity index (χ4n) is 2.35. The van der Waals surface area contributed by atoms with Crippen molar-refractivity contribution in [1.82, 2.24) is 0 Å². The van der Waals surface area contributed by atoms with E-state index in [0.717, 1.165) is 30.7 Å². The number of likely N-dealkylation sites (N-methyl/N-ethyl adjacent to an activating group) is 1. The van der Waals surface area contributed by atoms with Crippen LogP contribution < -0.4 is 24.0 Å². The van der Waals surface area contributed by atoms with Gasteiger partial charge in [0, 0.05) is 11.1 Å². The molecule has 0 aliphatic carbocycles. The molecule has 3 heteroatoms. The summed E-state index contributed by atoms with van der Waals surface area (Å²) in [6.45, 7) is 8.46. The van der Waals surface area contributed by atoms with E-state index in [1.807, 2.05) is 0 Å². The van der Waals surface area contributed by atoms with E-state index >= 15 is 0 Å². The van der Waals surface area contributed by atoms with Gasteiger partial charge in [0.15, 0.2) is 0 Å². The van der Waals surface area contributed by atoms with Crippen LogP contribution in [0.2, 0.25) is 0 Å². The molecule has 17 heavy (non-hydrogen) atoms. The predicted octanol–water partition coefficient (Wildman–Crippen LogP) is -0.647. The molecule has 0 unspecified atom stereocenters. The summed E-state index contributed by atoms with van der Waals surface area (Å²) in [6.07, 6.45) is 1.80. The van der Waals surface area contributed by atoms with Crippen LogP contribution in [-0.4, -0.2) is 31.3 Å². The van der Waals surface area contributed by atoms with Gasteiger partial charge in [-0.25, -0.2) is 0 Å². The van der Waals surface area contributed by atoms with E-state index in [0.29, 0.717) is 6.61 Å². The van der Waals surface area contributed by atoms with Gasteiger partial charge in [-0.2, -0.15) is 0 Å². The number of rotatable bonds is 5. The lowest BCUT2D eigenvalue weighted by molar-refractivity contribution is -0.929. The number of nitrogens with zero attached hydrogens (tertiary/aromatic N) is 1. The highest BCUT2D eigenvalue weighted by Crippen LogP contribution is 2.27. The number of benzene rings is 1. The van der Waals surface area contributed by atoms with E-state index < -0.39 is 0 Å². The minimum Gasteiger partial charge on any atom is -1.00 e. The first-order valence-electron chi connectivity index (χ1n) is 5.82. The maximum atomic E-state index is 5.48. The van der Waals surface area contributed by atoms with Crippen molar-refractivity contribution in [3.8, 4) is 0 Å². The molecule has 94 valence electrons. The minimum absolute atomic E-state index is 0. The third kappa shape index (κ3) is 3.79. The van der Waals surface area contributed by atoms with Gasteiger partial charge >= 0.3 is 0 Å². The Kier molecular flexibility index (Phi) is 5.62. The number of halogens is 1. The molecule has 0 N–H and O–H groups in total. The molecule has 0 amide bonds. The predicted molar refractivity (Wildman–Crippen MR) is 65.9 cm³/mol. The van der Waals surface area contributed by atoms with E-state index in [2.05, 4.69) is 37.9 Å². The largest absolute Gasteiger partial charge is 1.00 e. The summed E-state index contributed by atoms with van der Waals surface area (Å²) in [5.41, 5.74) is 2.99. The van der Waals surface area contributed by atoms with Gasteiger partial charge in [0.1, 0.15) is 19.6 Å². The zero-order valence-electron chi connectivity index (χ0n) is 10.4. The molecular formula is C14H20INO. The molecule has 1 aliphatic heterocycles. The van der Waals surface area contributed by atoms with Gasteiger partial charge < -0.3 is 33.2 Å². The highest BCUT2D eigenvalue weighted by Gasteiger charge is 2.30. The Balaban J connectivity index is 0.00000144. The van der Waals surface area contributed by atoms with Crippen LogP contribution in [0, 0.1) is 0 Å². The van der Waals surface area contributed by atoms with Crippen molar-refractivity contribution < 1.29 is 33.2 Å². The van der Waals surface area contributed by atoms with Crippen molar-refractivity contribution in [3.05, 3.63) is 48.0 Å². The van der Waals surface area contributed by atoms with Crippen LogP contribution >= 0.6 is 0 Å². The van der Waals surface area contributed by atoms with Gasteiger partial charge in [0.05, 0.1) is 20.3 Å². The molecule has 1 aromatic rings. The summed E-state index contributed by atoms with van der Waals surface area (Å²) in [5, 5.41) is 0. The van der Waals surface area contributed by atoms with Gasteiger partial charge in [-0.15, -0.1) is 6.58 Å². The van der Waals surface area contributed by atoms with Crippen molar-refractivity contribution in [1.29, 1.82) is 0 Å². The standard InChI is InChI=1S/C14H20NO.HI/c1-3-9-16-10-8-15(2)11-13-6-4-5-7-14(13)12-15;/h3-7H,1,8-12H2,2H3;1H/q+1;/p-1. The number of hydrogen-bond acceptors (Lipinski definition) is 1. The Morgan fingerprint density at radius 2 is 1.88 bits per heavy atom. The highest BCUT2D eigenvalue weighted by molar-refractivity contribution is 5.27. The van der Waals surface area contributed by atoms with Crippen molar-refractivity contribution in [2.24, 2.45) is 0 Å². The van der Waals surface area contributed by atoms with Gasteiger partial charge in [0.2, 0.25) is 0 Å². The molecule has 2 rings (SSSR count). The van der Waals surface area contributed by atoms with E-state index in [9.17, 15) is 0 Å². The molecule has 1 aliphatic rings. The highest BCUT2D eigenvalue weighted by atomic mass is 127. The van der Waals surface area contributed by atoms with E-state index in [1.54, 1.807) is 6.08 Å². The molecular weight excluding hydrogens is 325 g/mol. The zero-order valence-corrected chi connectivity index (χ0v) is 12.5. The van der Waals surface area contributed by atoms with Crippen LogP contribution in [0.5, 0.6) is 0 Å². The number of fused-ring (bicyclic) bond motifs is 1. The topological polar surface area (TPSA) is 9.23 Å². The first-order chi connectivity index (χ1) is 7.73. The first kappa shape index (κ1) is 14.7. The Labute approximate surface area is 121 Å². The van der Waals surface area contributed by atoms with Crippen LogP contribution in [0.15, 0.2) is 36.9 Å². The van der Waals surface area contributed by atoms with Gasteiger partial charge in [0.25, 0.3) is 0 Å². The van der Waals surface area contributed by atoms with Gasteiger partial charge in [-0.1, -0.05) is 30.3 Å². The second-order valence-corrected chi connectivity index (χ2v) is 4.79. The summed E-state index contributed by atoms with van der Waals surface area (Å²) >= 11 is 0. The summed E-state index contributed by atoms with van der Waals surface area (Å²) in [6, 6.07) is 8.73. The van der Waals surface area contributed by atoms with E-state index in [4.69, 9.17) is 4.74 Å². The average Bonchev–Trinajstić information content (AvgIpc) is 2.61. The van der Waals surface area contributed by atoms with Crippen LogP contribution in [0.4, 0.5) is 0 Å². The van der Waals surface area contributed by atoms with Gasteiger partial charge in [-0.05, 0) is 0 Å². The second-order valence-electron chi connectivity index (χ2n) is 4.79. The van der Waals surface area contributed by atoms with Crippen molar-refractivity contribution in [2.45, 2.75) is 13.1 Å². The maximum absolute atomic E-state index is 5.48. The molecule has 0 fully saturated rings. The fraction of sp³-hybridized carbons (Fsp3) is 0.429. The minimum atomic E-state index is 0. The quantitative estimate of drug-likeness (QED) is 0.298. The first-order valence-corrected chi connectivity index (χ1v) is 5.82. The number of quaternary nitrogens is 1. The molecule has 2 nitrogen and oxygen atoms in total. The lowest BCUT2D eigenvalue weighted by Gasteiger charge is -2.28. The monoisotopic (exact) mass is 345 g/mol. The van der Waals surface area contributed by atoms with Gasteiger partial charge in [-0.3, -0.25) is 0 Å². The Morgan fingerprint density at radius 3 is 2.41 bits per heavy atom. The molecule has 0 radical (unpaired) electrons. The fourth-order valence-corrected chi connectivity index (χ4v) is 2.35. The van der Waals surface area contributed by atoms with Crippen LogP contribution in [0.25, 0.3) is 0 Å². The Hall–Kier alpha value is -0.390. The summed E-state index contributed by atoms with van der Waals surface area (Å²) in [4.78, 5) is 0. The number of hydrogen-bond donors (Lipinski definition) is 0. The van der Waals surface area contributed by atoms with Crippen LogP contribution in [0.1, 0.15) is 11.1 Å². The average molecular weight is 345 g/mol. The van der Waals surface area contributed by atoms with E-state index in [1.165, 1.54) is 11.1 Å². The molecule has 1 aromatic carbocycles. The lowest BCUT2D eigenvalue weighted by Crippen LogP contribution is -3.00. The molecule has 0 saturated heterocycles. The maximum Gasteiger partial charge on any atom is 0.105 e. The van der Waals surface area contributed by atoms with Crippen molar-refractivity contribution in [3.63, 3.8) is 0 Å². The van der Waals surface area contributed by atoms with Crippen molar-refractivity contribution in [2.75, 3.05) is 26.8 Å². The molecule has 0 bridgehead atoms. The second kappa shape index (κ2) is 6.52. The molecule has 0 saturated carbocycles. The zero-order chi connectivity index (χ0) is 11.4. The smallest absolute Gasteiger partial charge is 0.105 e. The Bertz CT molecular complexity index is 353. The number of ether oxygens (including phenoxy) is 1. The normalized spacial score (nSPS) is 16.1. The summed E-state index contributed by atoms with van der Waals surface area (Å²) in [5.74, 6) is 0. The summed E-state index contributed by atoms with van der Waals surface area (Å²) < 4.78 is 6.54. The Morgan fingerprint density at radius 1 is 1.29 bits per heavy atom. The third-order valence-corrected chi connectivity index (χ3v) is 3.23.